The number of aliphatic hydroxyl groups excluding tert-OH is 2. The van der Waals surface area contributed by atoms with E-state index < -0.39 is 12.1 Å². The Morgan fingerprint density at radius 2 is 1.31 bits per heavy atom. The minimum Gasteiger partial charge on any atom is -0.396 e. The maximum atomic E-state index is 12.2. The molecule has 0 bridgehead atoms. The Morgan fingerprint density at radius 1 is 0.923 bits per heavy atom. The fourth-order valence-corrected chi connectivity index (χ4v) is 1.15. The predicted octanol–water partition coefficient (Wildman–Crippen LogP) is 1.71. The van der Waals surface area contributed by atoms with Crippen molar-refractivity contribution in [2.24, 2.45) is 5.92 Å². The third kappa shape index (κ3) is 5.87. The van der Waals surface area contributed by atoms with Gasteiger partial charge in [0.1, 0.15) is 0 Å². The van der Waals surface area contributed by atoms with Crippen molar-refractivity contribution >= 4 is 0 Å². The van der Waals surface area contributed by atoms with E-state index in [1.807, 2.05) is 0 Å². The maximum absolute atomic E-state index is 12.2. The van der Waals surface area contributed by atoms with Gasteiger partial charge in [0.25, 0.3) is 0 Å². The van der Waals surface area contributed by atoms with Crippen molar-refractivity contribution in [3.63, 3.8) is 0 Å². The molecule has 0 spiro atoms. The van der Waals surface area contributed by atoms with Crippen LogP contribution in [0.2, 0.25) is 0 Å². The van der Waals surface area contributed by atoms with Gasteiger partial charge in [0.2, 0.25) is 0 Å². The van der Waals surface area contributed by atoms with Gasteiger partial charge in [-0.25, -0.2) is 0 Å². The van der Waals surface area contributed by atoms with Crippen molar-refractivity contribution in [2.75, 3.05) is 13.2 Å². The second-order valence-corrected chi connectivity index (χ2v) is 2.97. The summed E-state index contributed by atoms with van der Waals surface area (Å²) >= 11 is 0. The molecule has 0 radical (unpaired) electrons. The first-order valence-corrected chi connectivity index (χ1v) is 4.30. The van der Waals surface area contributed by atoms with Gasteiger partial charge in [0.15, 0.2) is 0 Å². The van der Waals surface area contributed by atoms with Gasteiger partial charge >= 0.3 is 6.18 Å². The molecule has 5 heteroatoms. The lowest BCUT2D eigenvalue weighted by atomic mass is 9.97. The zero-order valence-corrected chi connectivity index (χ0v) is 7.35. The van der Waals surface area contributed by atoms with Crippen LogP contribution in [0.1, 0.15) is 25.7 Å². The Bertz CT molecular complexity index is 117. The summed E-state index contributed by atoms with van der Waals surface area (Å²) in [5.41, 5.74) is 0. The Morgan fingerprint density at radius 3 is 1.54 bits per heavy atom. The summed E-state index contributed by atoms with van der Waals surface area (Å²) < 4.78 is 36.6. The highest BCUT2D eigenvalue weighted by Gasteiger charge is 2.38. The molecule has 0 unspecified atom stereocenters. The molecule has 13 heavy (non-hydrogen) atoms. The number of aliphatic hydroxyl groups is 2. The fourth-order valence-electron chi connectivity index (χ4n) is 1.15. The number of hydrogen-bond donors (Lipinski definition) is 2. The molecule has 2 nitrogen and oxygen atoms in total. The molecule has 0 aromatic rings. The summed E-state index contributed by atoms with van der Waals surface area (Å²) in [5, 5.41) is 16.8. The quantitative estimate of drug-likeness (QED) is 0.685. The highest BCUT2D eigenvalue weighted by molar-refractivity contribution is 4.67. The highest BCUT2D eigenvalue weighted by Crippen LogP contribution is 2.32. The molecule has 0 aromatic heterocycles. The zero-order chi connectivity index (χ0) is 10.3. The van der Waals surface area contributed by atoms with Crippen molar-refractivity contribution in [3.8, 4) is 0 Å². The first kappa shape index (κ1) is 12.7. The van der Waals surface area contributed by atoms with Crippen LogP contribution >= 0.6 is 0 Å². The van der Waals surface area contributed by atoms with Crippen molar-refractivity contribution < 1.29 is 23.4 Å². The van der Waals surface area contributed by atoms with Gasteiger partial charge in [-0.1, -0.05) is 0 Å². The highest BCUT2D eigenvalue weighted by atomic mass is 19.4. The van der Waals surface area contributed by atoms with Gasteiger partial charge in [0.05, 0.1) is 5.92 Å². The smallest absolute Gasteiger partial charge is 0.391 e. The average Bonchev–Trinajstić information content (AvgIpc) is 2.02. The Hall–Kier alpha value is -0.290. The average molecular weight is 200 g/mol. The van der Waals surface area contributed by atoms with E-state index >= 15 is 0 Å². The van der Waals surface area contributed by atoms with E-state index in [4.69, 9.17) is 10.2 Å². The Balaban J connectivity index is 3.88. The Kier molecular flexibility index (Phi) is 6.07. The van der Waals surface area contributed by atoms with Crippen LogP contribution in [0, 0.1) is 5.92 Å². The van der Waals surface area contributed by atoms with Crippen LogP contribution in [0.3, 0.4) is 0 Å². The van der Waals surface area contributed by atoms with Crippen molar-refractivity contribution in [3.05, 3.63) is 0 Å². The number of hydrogen-bond acceptors (Lipinski definition) is 2. The van der Waals surface area contributed by atoms with Gasteiger partial charge in [0, 0.05) is 13.2 Å². The molecule has 0 aromatic carbocycles. The van der Waals surface area contributed by atoms with Gasteiger partial charge in [-0.05, 0) is 25.7 Å². The molecule has 2 N–H and O–H groups in total. The minimum atomic E-state index is -4.20. The second-order valence-electron chi connectivity index (χ2n) is 2.97. The largest absolute Gasteiger partial charge is 0.396 e. The minimum absolute atomic E-state index is 0.0556. The van der Waals surface area contributed by atoms with E-state index in [0.29, 0.717) is 0 Å². The normalized spacial score (nSPS) is 12.5. The second kappa shape index (κ2) is 6.21. The third-order valence-electron chi connectivity index (χ3n) is 1.88. The molecule has 0 saturated carbocycles. The molecular weight excluding hydrogens is 185 g/mol. The molecule has 0 aliphatic heterocycles. The number of halogens is 3. The number of alkyl halides is 3. The van der Waals surface area contributed by atoms with Crippen LogP contribution in [0.15, 0.2) is 0 Å². The first-order chi connectivity index (χ1) is 6.02. The SMILES string of the molecule is OCCCC(CCCO)C(F)(F)F. The van der Waals surface area contributed by atoms with Crippen molar-refractivity contribution in [1.82, 2.24) is 0 Å². The van der Waals surface area contributed by atoms with Gasteiger partial charge in [-0.3, -0.25) is 0 Å². The van der Waals surface area contributed by atoms with E-state index in [1.54, 1.807) is 0 Å². The first-order valence-electron chi connectivity index (χ1n) is 4.30. The lowest BCUT2D eigenvalue weighted by Crippen LogP contribution is -2.23. The lowest BCUT2D eigenvalue weighted by Gasteiger charge is -2.19. The molecule has 80 valence electrons. The van der Waals surface area contributed by atoms with E-state index in [-0.39, 0.29) is 38.9 Å². The summed E-state index contributed by atoms with van der Waals surface area (Å²) in [6, 6.07) is 0. The van der Waals surface area contributed by atoms with Crippen LogP contribution in [0.4, 0.5) is 13.2 Å². The molecule has 0 amide bonds. The predicted molar refractivity (Wildman–Crippen MR) is 42.2 cm³/mol. The van der Waals surface area contributed by atoms with Crippen molar-refractivity contribution in [2.45, 2.75) is 31.9 Å². The summed E-state index contributed by atoms with van der Waals surface area (Å²) in [4.78, 5) is 0. The molecule has 0 fully saturated rings. The maximum Gasteiger partial charge on any atom is 0.391 e. The fraction of sp³-hybridized carbons (Fsp3) is 1.00. The summed E-state index contributed by atoms with van der Waals surface area (Å²) in [6.45, 7) is -0.433. The molecule has 0 heterocycles. The van der Waals surface area contributed by atoms with E-state index in [9.17, 15) is 13.2 Å². The van der Waals surface area contributed by atoms with Crippen molar-refractivity contribution in [1.29, 1.82) is 0 Å². The zero-order valence-electron chi connectivity index (χ0n) is 7.35. The molecule has 0 rings (SSSR count). The third-order valence-corrected chi connectivity index (χ3v) is 1.88. The van der Waals surface area contributed by atoms with E-state index in [1.165, 1.54) is 0 Å². The van der Waals surface area contributed by atoms with Gasteiger partial charge < -0.3 is 10.2 Å². The van der Waals surface area contributed by atoms with E-state index in [0.717, 1.165) is 0 Å². The summed E-state index contributed by atoms with van der Waals surface area (Å²) in [7, 11) is 0. The topological polar surface area (TPSA) is 40.5 Å². The summed E-state index contributed by atoms with van der Waals surface area (Å²) in [6.07, 6.45) is -3.99. The molecule has 0 atom stereocenters. The van der Waals surface area contributed by atoms with Crippen LogP contribution in [-0.4, -0.2) is 29.6 Å². The van der Waals surface area contributed by atoms with Crippen LogP contribution in [-0.2, 0) is 0 Å². The van der Waals surface area contributed by atoms with Crippen LogP contribution < -0.4 is 0 Å². The molecule has 0 saturated heterocycles. The van der Waals surface area contributed by atoms with Crippen LogP contribution in [0.25, 0.3) is 0 Å². The van der Waals surface area contributed by atoms with Gasteiger partial charge in [-0.2, -0.15) is 13.2 Å². The molecular formula is C8H15F3O2. The van der Waals surface area contributed by atoms with Gasteiger partial charge in [-0.15, -0.1) is 0 Å². The number of rotatable bonds is 6. The van der Waals surface area contributed by atoms with Crippen LogP contribution in [0.5, 0.6) is 0 Å². The Labute approximate surface area is 75.4 Å². The lowest BCUT2D eigenvalue weighted by molar-refractivity contribution is -0.179. The van der Waals surface area contributed by atoms with E-state index in [2.05, 4.69) is 0 Å². The molecule has 0 aliphatic rings. The molecule has 0 aliphatic carbocycles. The summed E-state index contributed by atoms with van der Waals surface area (Å²) in [5.74, 6) is -1.38. The monoisotopic (exact) mass is 200 g/mol. The standard InChI is InChI=1S/C8H15F3O2/c9-8(10,11)7(3-1-5-12)4-2-6-13/h7,12-13H,1-6H2.